The van der Waals surface area contributed by atoms with Gasteiger partial charge in [0.2, 0.25) is 0 Å². The van der Waals surface area contributed by atoms with E-state index in [0.29, 0.717) is 0 Å². The number of nitrogens with zero attached hydrogens (tertiary/aromatic N) is 1. The first-order chi connectivity index (χ1) is 7.88. The molecule has 0 unspecified atom stereocenters. The number of nitrogens with one attached hydrogen (secondary N) is 1. The lowest BCUT2D eigenvalue weighted by Gasteiger charge is -2.02. The second-order valence-electron chi connectivity index (χ2n) is 3.91. The molecule has 3 nitrogen and oxygen atoms in total. The van der Waals surface area contributed by atoms with Crippen molar-refractivity contribution in [1.29, 1.82) is 0 Å². The molecule has 0 amide bonds. The molecule has 2 aromatic rings. The van der Waals surface area contributed by atoms with Crippen molar-refractivity contribution in [3.05, 3.63) is 58.5 Å². The van der Waals surface area contributed by atoms with Gasteiger partial charge in [-0.2, -0.15) is 0 Å². The minimum absolute atomic E-state index is 0.751. The van der Waals surface area contributed by atoms with E-state index in [1.807, 2.05) is 24.3 Å². The fourth-order valence-corrected chi connectivity index (χ4v) is 2.27. The van der Waals surface area contributed by atoms with E-state index in [0.717, 1.165) is 12.1 Å². The molecule has 1 aliphatic rings. The van der Waals surface area contributed by atoms with Crippen molar-refractivity contribution < 1.29 is 0 Å². The van der Waals surface area contributed by atoms with Gasteiger partial charge in [-0.05, 0) is 40.8 Å². The molecule has 1 aliphatic carbocycles. The predicted octanol–water partition coefficient (Wildman–Crippen LogP) is 3.35. The van der Waals surface area contributed by atoms with Crippen LogP contribution in [-0.2, 0) is 6.42 Å². The summed E-state index contributed by atoms with van der Waals surface area (Å²) in [6.45, 7) is 0. The van der Waals surface area contributed by atoms with Crippen molar-refractivity contribution in [2.24, 2.45) is 5.29 Å². The van der Waals surface area contributed by atoms with Gasteiger partial charge in [0.25, 0.3) is 0 Å². The van der Waals surface area contributed by atoms with Gasteiger partial charge < -0.3 is 0 Å². The van der Waals surface area contributed by atoms with Crippen LogP contribution in [0.1, 0.15) is 11.1 Å². The fraction of sp³-hybridized carbons (Fsp3) is 0.0769. The molecule has 0 saturated heterocycles. The van der Waals surface area contributed by atoms with Crippen LogP contribution in [0.4, 0.5) is 5.69 Å². The van der Waals surface area contributed by atoms with Gasteiger partial charge in [-0.25, -0.2) is 5.43 Å². The molecule has 3 heteroatoms. The van der Waals surface area contributed by atoms with Crippen molar-refractivity contribution in [2.75, 3.05) is 5.43 Å². The zero-order valence-electron chi connectivity index (χ0n) is 8.60. The van der Waals surface area contributed by atoms with Gasteiger partial charge in [0.1, 0.15) is 0 Å². The van der Waals surface area contributed by atoms with Gasteiger partial charge in [0, 0.05) is 0 Å². The van der Waals surface area contributed by atoms with Gasteiger partial charge in [0.15, 0.2) is 0 Å². The van der Waals surface area contributed by atoms with Gasteiger partial charge >= 0.3 is 0 Å². The second kappa shape index (κ2) is 3.45. The first kappa shape index (κ1) is 9.09. The molecule has 1 N–H and O–H groups in total. The van der Waals surface area contributed by atoms with Gasteiger partial charge in [-0.15, -0.1) is 4.91 Å². The molecule has 0 aliphatic heterocycles. The van der Waals surface area contributed by atoms with Crippen LogP contribution in [0, 0.1) is 4.91 Å². The highest BCUT2D eigenvalue weighted by Gasteiger charge is 2.17. The quantitative estimate of drug-likeness (QED) is 0.520. The summed E-state index contributed by atoms with van der Waals surface area (Å²) in [5, 5.41) is 2.68. The largest absolute Gasteiger partial charge is 0.242 e. The third-order valence-electron chi connectivity index (χ3n) is 2.97. The molecule has 16 heavy (non-hydrogen) atoms. The summed E-state index contributed by atoms with van der Waals surface area (Å²) in [7, 11) is 0. The van der Waals surface area contributed by atoms with Crippen LogP contribution in [-0.4, -0.2) is 0 Å². The average molecular weight is 210 g/mol. The second-order valence-corrected chi connectivity index (χ2v) is 3.91. The van der Waals surface area contributed by atoms with Crippen molar-refractivity contribution in [2.45, 2.75) is 6.42 Å². The summed E-state index contributed by atoms with van der Waals surface area (Å²) < 4.78 is 0. The smallest absolute Gasteiger partial charge is 0.0597 e. The van der Waals surface area contributed by atoms with Crippen LogP contribution in [0.2, 0.25) is 0 Å². The Kier molecular flexibility index (Phi) is 1.96. The van der Waals surface area contributed by atoms with Crippen molar-refractivity contribution in [3.8, 4) is 11.1 Å². The van der Waals surface area contributed by atoms with Crippen molar-refractivity contribution in [3.63, 3.8) is 0 Å². The van der Waals surface area contributed by atoms with Crippen molar-refractivity contribution >= 4 is 5.69 Å². The summed E-state index contributed by atoms with van der Waals surface area (Å²) in [5.74, 6) is 0. The van der Waals surface area contributed by atoms with Gasteiger partial charge in [0.05, 0.1) is 11.0 Å². The Balaban J connectivity index is 2.10. The third kappa shape index (κ3) is 1.29. The Morgan fingerprint density at radius 3 is 2.69 bits per heavy atom. The monoisotopic (exact) mass is 210 g/mol. The third-order valence-corrected chi connectivity index (χ3v) is 2.97. The highest BCUT2D eigenvalue weighted by Crippen LogP contribution is 2.37. The standard InChI is InChI=1S/C13H10N2O/c16-15-14-11-5-6-13-10(8-11)7-9-3-1-2-4-12(9)13/h1-6,8H,7H2,(H,14,16). The van der Waals surface area contributed by atoms with E-state index in [1.54, 1.807) is 0 Å². The molecule has 3 rings (SSSR count). The molecule has 78 valence electrons. The number of rotatable bonds is 2. The van der Waals surface area contributed by atoms with E-state index >= 15 is 0 Å². The van der Waals surface area contributed by atoms with Crippen LogP contribution in [0.3, 0.4) is 0 Å². The number of benzene rings is 2. The van der Waals surface area contributed by atoms with E-state index in [2.05, 4.69) is 28.9 Å². The minimum atomic E-state index is 0.751. The number of hydrogen-bond donors (Lipinski definition) is 1. The summed E-state index contributed by atoms with van der Waals surface area (Å²) in [5.41, 5.74) is 8.32. The Morgan fingerprint density at radius 2 is 1.81 bits per heavy atom. The molecule has 0 aromatic heterocycles. The number of hydrogen-bond acceptors (Lipinski definition) is 2. The Morgan fingerprint density at radius 1 is 1.00 bits per heavy atom. The van der Waals surface area contributed by atoms with Crippen LogP contribution in [0.15, 0.2) is 47.8 Å². The van der Waals surface area contributed by atoms with Crippen LogP contribution in [0.5, 0.6) is 0 Å². The molecule has 0 atom stereocenters. The first-order valence-corrected chi connectivity index (χ1v) is 5.18. The maximum absolute atomic E-state index is 10.1. The van der Waals surface area contributed by atoms with Crippen LogP contribution in [0.25, 0.3) is 11.1 Å². The Hall–Kier alpha value is -2.16. The van der Waals surface area contributed by atoms with Gasteiger partial charge in [-0.3, -0.25) is 0 Å². The highest BCUT2D eigenvalue weighted by molar-refractivity contribution is 5.78. The summed E-state index contributed by atoms with van der Waals surface area (Å²) in [6.07, 6.45) is 0.930. The molecular formula is C13H10N2O. The zero-order chi connectivity index (χ0) is 11.0. The minimum Gasteiger partial charge on any atom is -0.242 e. The Labute approximate surface area is 93.1 Å². The molecular weight excluding hydrogens is 200 g/mol. The van der Waals surface area contributed by atoms with E-state index in [1.165, 1.54) is 22.3 Å². The number of anilines is 1. The van der Waals surface area contributed by atoms with E-state index in [-0.39, 0.29) is 0 Å². The normalized spacial score (nSPS) is 11.8. The maximum atomic E-state index is 10.1. The maximum Gasteiger partial charge on any atom is 0.0597 e. The van der Waals surface area contributed by atoms with E-state index in [4.69, 9.17) is 0 Å². The lowest BCUT2D eigenvalue weighted by Crippen LogP contribution is -1.88. The number of fused-ring (bicyclic) bond motifs is 3. The fourth-order valence-electron chi connectivity index (χ4n) is 2.27. The molecule has 0 saturated carbocycles. The molecule has 0 fully saturated rings. The topological polar surface area (TPSA) is 41.5 Å². The van der Waals surface area contributed by atoms with Crippen LogP contribution < -0.4 is 5.43 Å². The first-order valence-electron chi connectivity index (χ1n) is 5.18. The lowest BCUT2D eigenvalue weighted by atomic mass is 10.1. The van der Waals surface area contributed by atoms with Crippen molar-refractivity contribution in [1.82, 2.24) is 0 Å². The van der Waals surface area contributed by atoms with E-state index in [9.17, 15) is 4.91 Å². The zero-order valence-corrected chi connectivity index (χ0v) is 8.60. The molecule has 0 bridgehead atoms. The van der Waals surface area contributed by atoms with Gasteiger partial charge in [-0.1, -0.05) is 30.3 Å². The van der Waals surface area contributed by atoms with E-state index < -0.39 is 0 Å². The summed E-state index contributed by atoms with van der Waals surface area (Å²) in [4.78, 5) is 10.1. The highest BCUT2D eigenvalue weighted by atomic mass is 16.3. The predicted molar refractivity (Wildman–Crippen MR) is 64.1 cm³/mol. The van der Waals surface area contributed by atoms with Crippen LogP contribution >= 0.6 is 0 Å². The summed E-state index contributed by atoms with van der Waals surface area (Å²) >= 11 is 0. The summed E-state index contributed by atoms with van der Waals surface area (Å²) in [6, 6.07) is 14.3. The number of nitroso groups, excluding NO2 is 1. The molecule has 0 spiro atoms. The average Bonchev–Trinajstić information content (AvgIpc) is 2.67. The lowest BCUT2D eigenvalue weighted by molar-refractivity contribution is 1.25. The molecule has 0 heterocycles. The SMILES string of the molecule is O=NNc1ccc2c(c1)Cc1ccccc1-2. The Bertz CT molecular complexity index is 564. The molecule has 0 radical (unpaired) electrons. The molecule has 2 aromatic carbocycles.